The Morgan fingerprint density at radius 2 is 1.57 bits per heavy atom. The SMILES string of the molecule is CN(C)CCC[N-]C(F)(F)C(F)(F)F. The molecule has 0 unspecified atom stereocenters. The van der Waals surface area contributed by atoms with Crippen LogP contribution in [0.25, 0.3) is 5.32 Å². The Hall–Kier alpha value is -0.430. The summed E-state index contributed by atoms with van der Waals surface area (Å²) < 4.78 is 59.0. The zero-order chi connectivity index (χ0) is 11.4. The lowest BCUT2D eigenvalue weighted by Crippen LogP contribution is -2.36. The van der Waals surface area contributed by atoms with E-state index in [1.807, 2.05) is 0 Å². The third-order valence-electron chi connectivity index (χ3n) is 1.41. The van der Waals surface area contributed by atoms with E-state index >= 15 is 0 Å². The van der Waals surface area contributed by atoms with E-state index in [0.717, 1.165) is 0 Å². The second kappa shape index (κ2) is 4.88. The summed E-state index contributed by atoms with van der Waals surface area (Å²) in [5.41, 5.74) is 0. The van der Waals surface area contributed by atoms with Crippen molar-refractivity contribution in [3.63, 3.8) is 0 Å². The summed E-state index contributed by atoms with van der Waals surface area (Å²) in [5.74, 6) is 0. The van der Waals surface area contributed by atoms with E-state index < -0.39 is 18.8 Å². The van der Waals surface area contributed by atoms with Gasteiger partial charge < -0.3 is 10.2 Å². The zero-order valence-electron chi connectivity index (χ0n) is 7.91. The van der Waals surface area contributed by atoms with E-state index in [1.165, 1.54) is 0 Å². The van der Waals surface area contributed by atoms with Gasteiger partial charge in [0.25, 0.3) is 6.05 Å². The summed E-state index contributed by atoms with van der Waals surface area (Å²) in [6.45, 7) is -0.0673. The molecule has 0 aromatic heterocycles. The Kier molecular flexibility index (Phi) is 4.73. The molecule has 0 atom stereocenters. The van der Waals surface area contributed by atoms with E-state index in [0.29, 0.717) is 6.54 Å². The quantitative estimate of drug-likeness (QED) is 0.394. The fourth-order valence-electron chi connectivity index (χ4n) is 0.696. The first-order chi connectivity index (χ1) is 6.17. The molecule has 0 bridgehead atoms. The molecule has 0 aliphatic rings. The highest BCUT2D eigenvalue weighted by molar-refractivity contribution is 4.96. The molecule has 0 amide bonds. The summed E-state index contributed by atoms with van der Waals surface area (Å²) in [4.78, 5) is 1.68. The minimum atomic E-state index is -5.58. The van der Waals surface area contributed by atoms with Gasteiger partial charge in [0.15, 0.2) is 0 Å². The van der Waals surface area contributed by atoms with E-state index in [4.69, 9.17) is 0 Å². The number of alkyl halides is 5. The van der Waals surface area contributed by atoms with Crippen LogP contribution < -0.4 is 0 Å². The maximum absolute atomic E-state index is 12.1. The predicted octanol–water partition coefficient (Wildman–Crippen LogP) is 2.47. The molecule has 0 aromatic carbocycles. The molecule has 0 aliphatic heterocycles. The molecule has 0 heterocycles. The Morgan fingerprint density at radius 1 is 1.07 bits per heavy atom. The first-order valence-corrected chi connectivity index (χ1v) is 3.95. The van der Waals surface area contributed by atoms with Crippen LogP contribution in [0.5, 0.6) is 0 Å². The van der Waals surface area contributed by atoms with Crippen LogP contribution in [-0.2, 0) is 0 Å². The standard InChI is InChI=1S/C7H12F5N2/c1-14(2)5-3-4-13-7(11,12)6(8,9)10/h3-5H2,1-2H3/q-1. The molecular weight excluding hydrogens is 207 g/mol. The topological polar surface area (TPSA) is 17.3 Å². The van der Waals surface area contributed by atoms with Gasteiger partial charge in [-0.05, 0) is 20.6 Å². The predicted molar refractivity (Wildman–Crippen MR) is 42.4 cm³/mol. The van der Waals surface area contributed by atoms with Crippen molar-refractivity contribution in [3.05, 3.63) is 5.32 Å². The molecule has 0 aromatic rings. The van der Waals surface area contributed by atoms with Crippen molar-refractivity contribution in [2.45, 2.75) is 18.6 Å². The minimum Gasteiger partial charge on any atom is -0.592 e. The highest BCUT2D eigenvalue weighted by atomic mass is 19.4. The molecule has 7 heteroatoms. The van der Waals surface area contributed by atoms with Crippen molar-refractivity contribution in [3.8, 4) is 0 Å². The molecule has 86 valence electrons. The van der Waals surface area contributed by atoms with Crippen LogP contribution in [0, 0.1) is 0 Å². The van der Waals surface area contributed by atoms with E-state index in [9.17, 15) is 22.0 Å². The number of rotatable bonds is 5. The van der Waals surface area contributed by atoms with Gasteiger partial charge in [0, 0.05) is 0 Å². The average Bonchev–Trinajstić information content (AvgIpc) is 1.95. The van der Waals surface area contributed by atoms with Crippen molar-refractivity contribution in [2.75, 3.05) is 27.2 Å². The van der Waals surface area contributed by atoms with Gasteiger partial charge in [-0.2, -0.15) is 13.2 Å². The van der Waals surface area contributed by atoms with Crippen LogP contribution in [0.1, 0.15) is 6.42 Å². The number of nitrogens with zero attached hydrogens (tertiary/aromatic N) is 2. The van der Waals surface area contributed by atoms with Crippen molar-refractivity contribution in [2.24, 2.45) is 0 Å². The van der Waals surface area contributed by atoms with Gasteiger partial charge in [-0.15, -0.1) is 6.54 Å². The smallest absolute Gasteiger partial charge is 0.432 e. The van der Waals surface area contributed by atoms with Crippen LogP contribution >= 0.6 is 0 Å². The van der Waals surface area contributed by atoms with Crippen LogP contribution in [0.3, 0.4) is 0 Å². The number of halogens is 5. The highest BCUT2D eigenvalue weighted by Gasteiger charge is 2.49. The van der Waals surface area contributed by atoms with Crippen LogP contribution in [0.2, 0.25) is 0 Å². The van der Waals surface area contributed by atoms with E-state index in [-0.39, 0.29) is 6.42 Å². The maximum atomic E-state index is 12.1. The molecule has 0 saturated heterocycles. The summed E-state index contributed by atoms with van der Waals surface area (Å²) in [6.07, 6.45) is -5.40. The molecular formula is C7H12F5N2-. The fraction of sp³-hybridized carbons (Fsp3) is 1.00. The van der Waals surface area contributed by atoms with Crippen molar-refractivity contribution in [1.82, 2.24) is 4.90 Å². The third kappa shape index (κ3) is 4.71. The van der Waals surface area contributed by atoms with Crippen LogP contribution in [-0.4, -0.2) is 44.3 Å². The lowest BCUT2D eigenvalue weighted by atomic mass is 10.4. The maximum Gasteiger partial charge on any atom is 0.432 e. The summed E-state index contributed by atoms with van der Waals surface area (Å²) in [7, 11) is 3.39. The van der Waals surface area contributed by atoms with Gasteiger partial charge in [0.05, 0.1) is 0 Å². The van der Waals surface area contributed by atoms with Gasteiger partial charge in [0.2, 0.25) is 0 Å². The normalized spacial score (nSPS) is 13.7. The molecule has 0 saturated carbocycles. The van der Waals surface area contributed by atoms with Crippen molar-refractivity contribution in [1.29, 1.82) is 0 Å². The van der Waals surface area contributed by atoms with Gasteiger partial charge >= 0.3 is 6.18 Å². The fourth-order valence-corrected chi connectivity index (χ4v) is 0.696. The molecule has 2 nitrogen and oxygen atoms in total. The molecule has 0 aliphatic carbocycles. The zero-order valence-corrected chi connectivity index (χ0v) is 7.91. The van der Waals surface area contributed by atoms with Crippen molar-refractivity contribution >= 4 is 0 Å². The Morgan fingerprint density at radius 3 is 1.93 bits per heavy atom. The largest absolute Gasteiger partial charge is 0.592 e. The molecule has 0 rings (SSSR count). The number of hydrogen-bond donors (Lipinski definition) is 0. The Balaban J connectivity index is 3.78. The molecule has 0 radical (unpaired) electrons. The summed E-state index contributed by atoms with van der Waals surface area (Å²) >= 11 is 0. The van der Waals surface area contributed by atoms with Gasteiger partial charge in [-0.1, -0.05) is 6.42 Å². The summed E-state index contributed by atoms with van der Waals surface area (Å²) in [5, 5.41) is 2.31. The Bertz CT molecular complexity index is 166. The van der Waals surface area contributed by atoms with Gasteiger partial charge in [0.1, 0.15) is 0 Å². The van der Waals surface area contributed by atoms with Gasteiger partial charge in [-0.3, -0.25) is 0 Å². The Labute approximate surface area is 79.1 Å². The van der Waals surface area contributed by atoms with Gasteiger partial charge in [-0.25, -0.2) is 8.78 Å². The minimum absolute atomic E-state index is 0.179. The average molecular weight is 219 g/mol. The molecule has 0 spiro atoms. The van der Waals surface area contributed by atoms with Crippen LogP contribution in [0.15, 0.2) is 0 Å². The van der Waals surface area contributed by atoms with Crippen LogP contribution in [0.4, 0.5) is 22.0 Å². The first-order valence-electron chi connectivity index (χ1n) is 3.95. The molecule has 0 N–H and O–H groups in total. The van der Waals surface area contributed by atoms with E-state index in [2.05, 4.69) is 5.32 Å². The lowest BCUT2D eigenvalue weighted by Gasteiger charge is -2.33. The monoisotopic (exact) mass is 219 g/mol. The third-order valence-corrected chi connectivity index (χ3v) is 1.41. The summed E-state index contributed by atoms with van der Waals surface area (Å²) in [6, 6.07) is -4.92. The number of hydrogen-bond acceptors (Lipinski definition) is 1. The highest BCUT2D eigenvalue weighted by Crippen LogP contribution is 2.39. The lowest BCUT2D eigenvalue weighted by molar-refractivity contribution is -0.264. The second-order valence-electron chi connectivity index (χ2n) is 3.08. The molecule has 14 heavy (non-hydrogen) atoms. The van der Waals surface area contributed by atoms with Crippen molar-refractivity contribution < 1.29 is 22.0 Å². The molecule has 0 fully saturated rings. The second-order valence-corrected chi connectivity index (χ2v) is 3.08. The first kappa shape index (κ1) is 13.6. The van der Waals surface area contributed by atoms with E-state index in [1.54, 1.807) is 19.0 Å².